The zero-order chi connectivity index (χ0) is 24.1. The summed E-state index contributed by atoms with van der Waals surface area (Å²) in [5, 5.41) is 3.71. The lowest BCUT2D eigenvalue weighted by molar-refractivity contribution is 0.155. The molecule has 0 spiro atoms. The van der Waals surface area contributed by atoms with Crippen LogP contribution in [0.3, 0.4) is 0 Å². The quantitative estimate of drug-likeness (QED) is 0.437. The summed E-state index contributed by atoms with van der Waals surface area (Å²) in [6.45, 7) is 18.7. The highest BCUT2D eigenvalue weighted by atomic mass is 28.4. The van der Waals surface area contributed by atoms with Crippen LogP contribution in [0.2, 0.25) is 18.1 Å². The second-order valence-electron chi connectivity index (χ2n) is 10.2. The third kappa shape index (κ3) is 6.53. The molecule has 2 aromatic heterocycles. The Labute approximate surface area is 195 Å². The van der Waals surface area contributed by atoms with Gasteiger partial charge in [0.2, 0.25) is 5.88 Å². The van der Waals surface area contributed by atoms with Crippen LogP contribution in [0, 0.1) is 6.92 Å². The van der Waals surface area contributed by atoms with Gasteiger partial charge in [0.25, 0.3) is 0 Å². The van der Waals surface area contributed by atoms with Gasteiger partial charge < -0.3 is 19.2 Å². The molecule has 178 valence electrons. The molecule has 0 aromatic carbocycles. The zero-order valence-electron chi connectivity index (χ0n) is 21.5. The van der Waals surface area contributed by atoms with Crippen molar-refractivity contribution in [1.29, 1.82) is 0 Å². The Morgan fingerprint density at radius 1 is 1.09 bits per heavy atom. The predicted molar refractivity (Wildman–Crippen MR) is 135 cm³/mol. The van der Waals surface area contributed by atoms with Gasteiger partial charge in [-0.05, 0) is 54.7 Å². The van der Waals surface area contributed by atoms with Gasteiger partial charge in [0, 0.05) is 12.8 Å². The monoisotopic (exact) mass is 459 g/mol. The van der Waals surface area contributed by atoms with Crippen molar-refractivity contribution < 1.29 is 13.9 Å². The minimum Gasteiger partial charge on any atom is -0.480 e. The molecule has 0 bridgehead atoms. The van der Waals surface area contributed by atoms with E-state index in [0.29, 0.717) is 25.0 Å². The van der Waals surface area contributed by atoms with Gasteiger partial charge in [-0.15, -0.1) is 0 Å². The minimum atomic E-state index is -1.83. The topological polar surface area (TPSA) is 65.5 Å². The standard InChI is InChI=1S/C25H41N3O3Si/c1-17(2)22-12-11-21(24(28-22)30-8)23-18(3)13-19(14-26-23)27-20(15-29-7)16-31-32(9,10)25(4,5)6/h11-14,17,20,27H,15-16H2,1-10H3/t20-/m0/s1. The number of hydrogen-bond acceptors (Lipinski definition) is 6. The first-order valence-electron chi connectivity index (χ1n) is 11.3. The summed E-state index contributed by atoms with van der Waals surface area (Å²) < 4.78 is 17.4. The van der Waals surface area contributed by atoms with Crippen molar-refractivity contribution in [1.82, 2.24) is 9.97 Å². The van der Waals surface area contributed by atoms with Crippen LogP contribution < -0.4 is 10.1 Å². The average molecular weight is 460 g/mol. The average Bonchev–Trinajstić information content (AvgIpc) is 2.71. The van der Waals surface area contributed by atoms with Gasteiger partial charge in [-0.3, -0.25) is 4.98 Å². The molecule has 0 saturated heterocycles. The molecule has 1 atom stereocenters. The summed E-state index contributed by atoms with van der Waals surface area (Å²) >= 11 is 0. The SMILES string of the molecule is COC[C@@H](CO[Si](C)(C)C(C)(C)C)Nc1cnc(-c2ccc(C(C)C)nc2OC)c(C)c1. The van der Waals surface area contributed by atoms with Crippen LogP contribution in [0.4, 0.5) is 5.69 Å². The van der Waals surface area contributed by atoms with Crippen LogP contribution >= 0.6 is 0 Å². The van der Waals surface area contributed by atoms with E-state index in [1.54, 1.807) is 14.2 Å². The van der Waals surface area contributed by atoms with E-state index in [1.807, 2.05) is 18.3 Å². The van der Waals surface area contributed by atoms with E-state index >= 15 is 0 Å². The number of pyridine rings is 2. The Morgan fingerprint density at radius 3 is 2.31 bits per heavy atom. The lowest BCUT2D eigenvalue weighted by atomic mass is 10.0. The van der Waals surface area contributed by atoms with Gasteiger partial charge in [0.05, 0.1) is 49.5 Å². The van der Waals surface area contributed by atoms with Crippen LogP contribution in [0.1, 0.15) is 51.8 Å². The predicted octanol–water partition coefficient (Wildman–Crippen LogP) is 6.03. The number of aromatic nitrogens is 2. The van der Waals surface area contributed by atoms with Crippen LogP contribution in [0.15, 0.2) is 24.4 Å². The molecule has 0 unspecified atom stereocenters. The molecule has 2 heterocycles. The lowest BCUT2D eigenvalue weighted by Gasteiger charge is -2.37. The fourth-order valence-corrected chi connectivity index (χ4v) is 4.19. The van der Waals surface area contributed by atoms with Crippen LogP contribution in [0.5, 0.6) is 5.88 Å². The molecule has 7 heteroatoms. The first kappa shape index (κ1) is 26.3. The molecule has 0 saturated carbocycles. The maximum absolute atomic E-state index is 6.42. The molecule has 0 aliphatic heterocycles. The Bertz CT molecular complexity index is 894. The van der Waals surface area contributed by atoms with E-state index in [-0.39, 0.29) is 11.1 Å². The highest BCUT2D eigenvalue weighted by Gasteiger charge is 2.37. The number of anilines is 1. The van der Waals surface area contributed by atoms with Crippen LogP contribution in [-0.2, 0) is 9.16 Å². The molecular formula is C25H41N3O3Si. The van der Waals surface area contributed by atoms with Crippen molar-refractivity contribution >= 4 is 14.0 Å². The van der Waals surface area contributed by atoms with E-state index in [2.05, 4.69) is 71.0 Å². The van der Waals surface area contributed by atoms with Gasteiger partial charge in [0.15, 0.2) is 8.32 Å². The second kappa shape index (κ2) is 10.8. The number of rotatable bonds is 10. The Hall–Kier alpha value is -1.96. The summed E-state index contributed by atoms with van der Waals surface area (Å²) in [5.41, 5.74) is 4.77. The maximum Gasteiger partial charge on any atom is 0.222 e. The molecule has 0 radical (unpaired) electrons. The smallest absolute Gasteiger partial charge is 0.222 e. The van der Waals surface area contributed by atoms with Crippen molar-refractivity contribution in [3.8, 4) is 17.1 Å². The Kier molecular flexibility index (Phi) is 8.85. The van der Waals surface area contributed by atoms with Crippen LogP contribution in [-0.4, -0.2) is 51.8 Å². The summed E-state index contributed by atoms with van der Waals surface area (Å²) in [6, 6.07) is 6.24. The third-order valence-corrected chi connectivity index (χ3v) is 10.7. The number of nitrogens with zero attached hydrogens (tertiary/aromatic N) is 2. The van der Waals surface area contributed by atoms with E-state index < -0.39 is 8.32 Å². The first-order chi connectivity index (χ1) is 14.9. The lowest BCUT2D eigenvalue weighted by Crippen LogP contribution is -2.44. The van der Waals surface area contributed by atoms with Crippen molar-refractivity contribution in [3.63, 3.8) is 0 Å². The molecule has 0 aliphatic carbocycles. The Morgan fingerprint density at radius 2 is 1.78 bits per heavy atom. The number of ether oxygens (including phenoxy) is 2. The van der Waals surface area contributed by atoms with Gasteiger partial charge in [-0.1, -0.05) is 34.6 Å². The highest BCUT2D eigenvalue weighted by Crippen LogP contribution is 2.37. The zero-order valence-corrected chi connectivity index (χ0v) is 22.5. The van der Waals surface area contributed by atoms with Gasteiger partial charge in [-0.2, -0.15) is 0 Å². The van der Waals surface area contributed by atoms with Crippen molar-refractivity contribution in [2.75, 3.05) is 32.8 Å². The number of hydrogen-bond donors (Lipinski definition) is 1. The summed E-state index contributed by atoms with van der Waals surface area (Å²) in [6.07, 6.45) is 1.85. The summed E-state index contributed by atoms with van der Waals surface area (Å²) in [5.74, 6) is 0.942. The molecule has 2 aromatic rings. The highest BCUT2D eigenvalue weighted by molar-refractivity contribution is 6.74. The van der Waals surface area contributed by atoms with Crippen LogP contribution in [0.25, 0.3) is 11.3 Å². The Balaban J connectivity index is 2.21. The van der Waals surface area contributed by atoms with Crippen molar-refractivity contribution in [2.45, 2.75) is 71.6 Å². The van der Waals surface area contributed by atoms with E-state index in [0.717, 1.165) is 28.2 Å². The largest absolute Gasteiger partial charge is 0.480 e. The molecule has 32 heavy (non-hydrogen) atoms. The van der Waals surface area contributed by atoms with Gasteiger partial charge in [-0.25, -0.2) is 4.98 Å². The fourth-order valence-electron chi connectivity index (χ4n) is 3.14. The van der Waals surface area contributed by atoms with Crippen molar-refractivity contribution in [2.24, 2.45) is 0 Å². The number of methoxy groups -OCH3 is 2. The molecular weight excluding hydrogens is 418 g/mol. The molecule has 0 fully saturated rings. The molecule has 6 nitrogen and oxygen atoms in total. The fraction of sp³-hybridized carbons (Fsp3) is 0.600. The number of aryl methyl sites for hydroxylation is 1. The van der Waals surface area contributed by atoms with Gasteiger partial charge >= 0.3 is 0 Å². The molecule has 0 amide bonds. The van der Waals surface area contributed by atoms with E-state index in [9.17, 15) is 0 Å². The van der Waals surface area contributed by atoms with E-state index in [1.165, 1.54) is 0 Å². The van der Waals surface area contributed by atoms with Gasteiger partial charge in [0.1, 0.15) is 0 Å². The normalized spacial score (nSPS) is 13.3. The molecule has 1 N–H and O–H groups in total. The van der Waals surface area contributed by atoms with E-state index in [4.69, 9.17) is 18.9 Å². The summed E-state index contributed by atoms with van der Waals surface area (Å²) in [4.78, 5) is 9.40. The molecule has 0 aliphatic rings. The number of nitrogens with one attached hydrogen (secondary N) is 1. The second-order valence-corrected chi connectivity index (χ2v) is 15.0. The minimum absolute atomic E-state index is 0.0442. The third-order valence-electron chi connectivity index (χ3n) is 6.19. The first-order valence-corrected chi connectivity index (χ1v) is 14.2. The molecule has 2 rings (SSSR count). The summed E-state index contributed by atoms with van der Waals surface area (Å²) in [7, 11) is 1.53. The van der Waals surface area contributed by atoms with Crippen molar-refractivity contribution in [3.05, 3.63) is 35.7 Å². The maximum atomic E-state index is 6.42.